The van der Waals surface area contributed by atoms with Gasteiger partial charge < -0.3 is 10.1 Å². The normalized spacial score (nSPS) is 32.8. The standard InChI is InChI=1S/C20H24N2O4/c1-2-20(15-6-4-3-5-7-15)18(24)22(19(25)21-20)12-17(23)26-16-11-13-8-9-14(16)10-13/h3-7,13-14,16H,2,8-12H2,1H3,(H,21,25). The second-order valence-corrected chi connectivity index (χ2v) is 7.65. The summed E-state index contributed by atoms with van der Waals surface area (Å²) in [5, 5.41) is 2.79. The van der Waals surface area contributed by atoms with Crippen LogP contribution in [-0.4, -0.2) is 35.5 Å². The molecule has 4 rings (SSSR count). The van der Waals surface area contributed by atoms with E-state index in [0.29, 0.717) is 18.3 Å². The molecule has 1 heterocycles. The third-order valence-electron chi connectivity index (χ3n) is 6.22. The van der Waals surface area contributed by atoms with E-state index in [1.54, 1.807) is 0 Å². The molecule has 4 unspecified atom stereocenters. The summed E-state index contributed by atoms with van der Waals surface area (Å²) in [5.74, 6) is 0.235. The average molecular weight is 356 g/mol. The minimum absolute atomic E-state index is 0.0490. The number of rotatable bonds is 5. The minimum atomic E-state index is -1.11. The quantitative estimate of drug-likeness (QED) is 0.650. The smallest absolute Gasteiger partial charge is 0.326 e. The van der Waals surface area contributed by atoms with Crippen LogP contribution in [0.3, 0.4) is 0 Å². The molecule has 4 atom stereocenters. The van der Waals surface area contributed by atoms with Gasteiger partial charge in [0.15, 0.2) is 0 Å². The molecule has 3 fully saturated rings. The Bertz CT molecular complexity index is 735. The number of carbonyl (C=O) groups is 3. The van der Waals surface area contributed by atoms with E-state index in [2.05, 4.69) is 5.32 Å². The van der Waals surface area contributed by atoms with E-state index in [0.717, 1.165) is 29.7 Å². The van der Waals surface area contributed by atoms with Crippen molar-refractivity contribution in [1.82, 2.24) is 10.2 Å². The summed E-state index contributed by atoms with van der Waals surface area (Å²) < 4.78 is 5.60. The summed E-state index contributed by atoms with van der Waals surface area (Å²) in [4.78, 5) is 38.8. The second-order valence-electron chi connectivity index (χ2n) is 7.65. The van der Waals surface area contributed by atoms with E-state index in [-0.39, 0.29) is 18.6 Å². The summed E-state index contributed by atoms with van der Waals surface area (Å²) in [6.07, 6.45) is 4.75. The third-order valence-corrected chi connectivity index (χ3v) is 6.22. The molecule has 0 spiro atoms. The predicted octanol–water partition coefficient (Wildman–Crippen LogP) is 2.58. The van der Waals surface area contributed by atoms with Crippen molar-refractivity contribution in [2.75, 3.05) is 6.54 Å². The van der Waals surface area contributed by atoms with E-state index in [1.165, 1.54) is 6.42 Å². The van der Waals surface area contributed by atoms with Crippen molar-refractivity contribution in [2.24, 2.45) is 11.8 Å². The molecule has 3 aliphatic rings. The SMILES string of the molecule is CCC1(c2ccccc2)NC(=O)N(CC(=O)OC2CC3CCC2C3)C1=O. The van der Waals surface area contributed by atoms with Gasteiger partial charge in [-0.1, -0.05) is 37.3 Å². The average Bonchev–Trinajstić information content (AvgIpc) is 3.32. The van der Waals surface area contributed by atoms with E-state index in [9.17, 15) is 14.4 Å². The van der Waals surface area contributed by atoms with Crippen LogP contribution in [0.4, 0.5) is 4.79 Å². The number of urea groups is 1. The number of fused-ring (bicyclic) bond motifs is 2. The van der Waals surface area contributed by atoms with Gasteiger partial charge in [0, 0.05) is 0 Å². The Balaban J connectivity index is 1.46. The van der Waals surface area contributed by atoms with Crippen LogP contribution in [0, 0.1) is 11.8 Å². The highest BCUT2D eigenvalue weighted by molar-refractivity contribution is 6.09. The van der Waals surface area contributed by atoms with Crippen molar-refractivity contribution < 1.29 is 19.1 Å². The van der Waals surface area contributed by atoms with Crippen LogP contribution < -0.4 is 5.32 Å². The number of carbonyl (C=O) groups excluding carboxylic acids is 3. The van der Waals surface area contributed by atoms with Gasteiger partial charge in [-0.05, 0) is 49.5 Å². The van der Waals surface area contributed by atoms with E-state index < -0.39 is 17.5 Å². The van der Waals surface area contributed by atoms with Gasteiger partial charge in [0.1, 0.15) is 18.2 Å². The number of benzene rings is 1. The monoisotopic (exact) mass is 356 g/mol. The molecule has 0 radical (unpaired) electrons. The first-order chi connectivity index (χ1) is 12.5. The molecular weight excluding hydrogens is 332 g/mol. The van der Waals surface area contributed by atoms with Gasteiger partial charge in [0.25, 0.3) is 5.91 Å². The minimum Gasteiger partial charge on any atom is -0.461 e. The lowest BCUT2D eigenvalue weighted by Crippen LogP contribution is -2.44. The fourth-order valence-electron chi connectivity index (χ4n) is 4.80. The highest BCUT2D eigenvalue weighted by atomic mass is 16.5. The van der Waals surface area contributed by atoms with Gasteiger partial charge in [0.2, 0.25) is 0 Å². The second kappa shape index (κ2) is 6.41. The highest BCUT2D eigenvalue weighted by Gasteiger charge is 2.52. The molecule has 138 valence electrons. The molecule has 2 saturated carbocycles. The molecule has 2 bridgehead atoms. The van der Waals surface area contributed by atoms with Crippen LogP contribution in [0.1, 0.15) is 44.6 Å². The number of hydrogen-bond donors (Lipinski definition) is 1. The topological polar surface area (TPSA) is 75.7 Å². The molecule has 1 saturated heterocycles. The number of imide groups is 1. The summed E-state index contributed by atoms with van der Waals surface area (Å²) in [7, 11) is 0. The molecule has 1 aromatic rings. The van der Waals surface area contributed by atoms with Crippen LogP contribution in [0.2, 0.25) is 0 Å². The van der Waals surface area contributed by atoms with Gasteiger partial charge in [-0.25, -0.2) is 4.79 Å². The van der Waals surface area contributed by atoms with Crippen LogP contribution in [-0.2, 0) is 19.9 Å². The van der Waals surface area contributed by atoms with E-state index in [1.807, 2.05) is 37.3 Å². The highest BCUT2D eigenvalue weighted by Crippen LogP contribution is 2.46. The zero-order valence-corrected chi connectivity index (χ0v) is 14.9. The summed E-state index contributed by atoms with van der Waals surface area (Å²) in [6, 6.07) is 8.62. The van der Waals surface area contributed by atoms with Gasteiger partial charge in [-0.3, -0.25) is 14.5 Å². The first-order valence-electron chi connectivity index (χ1n) is 9.42. The molecular formula is C20H24N2O4. The third kappa shape index (κ3) is 2.68. The Hall–Kier alpha value is -2.37. The number of amides is 3. The number of hydrogen-bond acceptors (Lipinski definition) is 4. The molecule has 1 N–H and O–H groups in total. The summed E-state index contributed by atoms with van der Waals surface area (Å²) in [6.45, 7) is 1.52. The molecule has 1 aromatic carbocycles. The fraction of sp³-hybridized carbons (Fsp3) is 0.550. The van der Waals surface area contributed by atoms with Crippen LogP contribution in [0.5, 0.6) is 0 Å². The van der Waals surface area contributed by atoms with Gasteiger partial charge in [-0.15, -0.1) is 0 Å². The van der Waals surface area contributed by atoms with Crippen molar-refractivity contribution >= 4 is 17.9 Å². The lowest BCUT2D eigenvalue weighted by molar-refractivity contribution is -0.154. The molecule has 6 heteroatoms. The Morgan fingerprint density at radius 2 is 2.00 bits per heavy atom. The first kappa shape index (κ1) is 17.1. The van der Waals surface area contributed by atoms with Gasteiger partial charge in [0.05, 0.1) is 0 Å². The number of ether oxygens (including phenoxy) is 1. The van der Waals surface area contributed by atoms with Crippen LogP contribution in [0.25, 0.3) is 0 Å². The molecule has 6 nitrogen and oxygen atoms in total. The Kier molecular flexibility index (Phi) is 4.21. The van der Waals surface area contributed by atoms with Crippen molar-refractivity contribution in [1.29, 1.82) is 0 Å². The molecule has 1 aliphatic heterocycles. The summed E-state index contributed by atoms with van der Waals surface area (Å²) in [5.41, 5.74) is -0.379. The zero-order valence-electron chi connectivity index (χ0n) is 14.9. The van der Waals surface area contributed by atoms with Crippen molar-refractivity contribution in [3.05, 3.63) is 35.9 Å². The number of nitrogens with one attached hydrogen (secondary N) is 1. The lowest BCUT2D eigenvalue weighted by Gasteiger charge is -2.26. The largest absolute Gasteiger partial charge is 0.461 e. The Labute approximate surface area is 152 Å². The maximum Gasteiger partial charge on any atom is 0.326 e. The maximum atomic E-state index is 13.0. The van der Waals surface area contributed by atoms with Gasteiger partial charge >= 0.3 is 12.0 Å². The van der Waals surface area contributed by atoms with Crippen molar-refractivity contribution in [3.8, 4) is 0 Å². The Morgan fingerprint density at radius 1 is 1.23 bits per heavy atom. The molecule has 2 aliphatic carbocycles. The Morgan fingerprint density at radius 3 is 2.62 bits per heavy atom. The summed E-state index contributed by atoms with van der Waals surface area (Å²) >= 11 is 0. The zero-order chi connectivity index (χ0) is 18.3. The predicted molar refractivity (Wildman–Crippen MR) is 94.0 cm³/mol. The molecule has 3 amide bonds. The fourth-order valence-corrected chi connectivity index (χ4v) is 4.80. The number of nitrogens with zero attached hydrogens (tertiary/aromatic N) is 1. The molecule has 0 aromatic heterocycles. The van der Waals surface area contributed by atoms with Crippen LogP contribution in [0.15, 0.2) is 30.3 Å². The van der Waals surface area contributed by atoms with Crippen LogP contribution >= 0.6 is 0 Å². The van der Waals surface area contributed by atoms with Crippen molar-refractivity contribution in [2.45, 2.75) is 50.7 Å². The first-order valence-corrected chi connectivity index (χ1v) is 9.42. The van der Waals surface area contributed by atoms with E-state index in [4.69, 9.17) is 4.74 Å². The van der Waals surface area contributed by atoms with Gasteiger partial charge in [-0.2, -0.15) is 0 Å². The van der Waals surface area contributed by atoms with Crippen molar-refractivity contribution in [3.63, 3.8) is 0 Å². The van der Waals surface area contributed by atoms with E-state index >= 15 is 0 Å². The molecule has 26 heavy (non-hydrogen) atoms. The maximum absolute atomic E-state index is 13.0. The number of esters is 1. The lowest BCUT2D eigenvalue weighted by atomic mass is 9.87.